The predicted octanol–water partition coefficient (Wildman–Crippen LogP) is 0.222. The SMILES string of the molecule is CC(C)(C)OC(=O)N1CCN(c2nc[nH]c(=O)n2)CC1. The van der Waals surface area contributed by atoms with Gasteiger partial charge >= 0.3 is 11.8 Å². The van der Waals surface area contributed by atoms with Crippen LogP contribution in [0.1, 0.15) is 20.8 Å². The van der Waals surface area contributed by atoms with Crippen LogP contribution in [0.3, 0.4) is 0 Å². The summed E-state index contributed by atoms with van der Waals surface area (Å²) in [5.41, 5.74) is -0.922. The molecule has 1 amide bonds. The van der Waals surface area contributed by atoms with Crippen LogP contribution in [0.4, 0.5) is 10.7 Å². The van der Waals surface area contributed by atoms with Crippen LogP contribution in [0.5, 0.6) is 0 Å². The monoisotopic (exact) mass is 281 g/mol. The third kappa shape index (κ3) is 3.69. The molecule has 0 aliphatic carbocycles. The number of nitrogens with one attached hydrogen (secondary N) is 1. The van der Waals surface area contributed by atoms with E-state index in [4.69, 9.17) is 4.74 Å². The summed E-state index contributed by atoms with van der Waals surface area (Å²) < 4.78 is 5.32. The highest BCUT2D eigenvalue weighted by Gasteiger charge is 2.26. The van der Waals surface area contributed by atoms with E-state index in [1.807, 2.05) is 25.7 Å². The van der Waals surface area contributed by atoms with Crippen molar-refractivity contribution in [1.29, 1.82) is 0 Å². The molecular weight excluding hydrogens is 262 g/mol. The van der Waals surface area contributed by atoms with E-state index in [-0.39, 0.29) is 6.09 Å². The van der Waals surface area contributed by atoms with Gasteiger partial charge in [0.25, 0.3) is 0 Å². The molecule has 20 heavy (non-hydrogen) atoms. The van der Waals surface area contributed by atoms with Gasteiger partial charge in [0.15, 0.2) is 0 Å². The molecule has 1 fully saturated rings. The number of amides is 1. The number of hydrogen-bond donors (Lipinski definition) is 1. The second kappa shape index (κ2) is 5.48. The smallest absolute Gasteiger partial charge is 0.410 e. The zero-order chi connectivity index (χ0) is 14.8. The van der Waals surface area contributed by atoms with Crippen molar-refractivity contribution in [1.82, 2.24) is 19.9 Å². The van der Waals surface area contributed by atoms with Crippen LogP contribution >= 0.6 is 0 Å². The Kier molecular flexibility index (Phi) is 3.91. The summed E-state index contributed by atoms with van der Waals surface area (Å²) in [4.78, 5) is 36.8. The van der Waals surface area contributed by atoms with Crippen molar-refractivity contribution < 1.29 is 9.53 Å². The molecule has 8 heteroatoms. The van der Waals surface area contributed by atoms with Gasteiger partial charge in [0, 0.05) is 26.2 Å². The molecule has 1 aromatic rings. The van der Waals surface area contributed by atoms with Gasteiger partial charge < -0.3 is 14.5 Å². The second-order valence-corrected chi connectivity index (χ2v) is 5.57. The van der Waals surface area contributed by atoms with Crippen molar-refractivity contribution >= 4 is 12.0 Å². The molecule has 0 radical (unpaired) electrons. The molecular formula is C12H19N5O3. The lowest BCUT2D eigenvalue weighted by molar-refractivity contribution is 0.0240. The highest BCUT2D eigenvalue weighted by Crippen LogP contribution is 2.13. The fourth-order valence-corrected chi connectivity index (χ4v) is 1.87. The van der Waals surface area contributed by atoms with Crippen LogP contribution in [0.15, 0.2) is 11.1 Å². The first-order valence-electron chi connectivity index (χ1n) is 6.50. The quantitative estimate of drug-likeness (QED) is 0.792. The molecule has 0 saturated carbocycles. The summed E-state index contributed by atoms with van der Waals surface area (Å²) in [5.74, 6) is 0.387. The molecule has 0 aromatic carbocycles. The van der Waals surface area contributed by atoms with E-state index in [9.17, 15) is 9.59 Å². The first-order chi connectivity index (χ1) is 9.35. The fourth-order valence-electron chi connectivity index (χ4n) is 1.87. The van der Waals surface area contributed by atoms with Crippen molar-refractivity contribution in [3.63, 3.8) is 0 Å². The number of piperazine rings is 1. The summed E-state index contributed by atoms with van der Waals surface area (Å²) in [6.07, 6.45) is 1.01. The van der Waals surface area contributed by atoms with Gasteiger partial charge in [-0.2, -0.15) is 4.98 Å². The normalized spacial score (nSPS) is 16.1. The molecule has 1 aliphatic rings. The Hall–Kier alpha value is -2.12. The standard InChI is InChI=1S/C12H19N5O3/c1-12(2,3)20-11(19)17-6-4-16(5-7-17)9-13-8-14-10(18)15-9/h8H,4-7H2,1-3H3,(H,13,14,15,18). The molecule has 0 unspecified atom stereocenters. The first-order valence-corrected chi connectivity index (χ1v) is 6.50. The Balaban J connectivity index is 1.92. The minimum absolute atomic E-state index is 0.316. The molecule has 2 rings (SSSR count). The van der Waals surface area contributed by atoms with Gasteiger partial charge in [-0.05, 0) is 20.8 Å². The number of carbonyl (C=O) groups is 1. The van der Waals surface area contributed by atoms with Gasteiger partial charge in [-0.1, -0.05) is 0 Å². The molecule has 2 heterocycles. The second-order valence-electron chi connectivity index (χ2n) is 5.57. The minimum atomic E-state index is -0.496. The lowest BCUT2D eigenvalue weighted by atomic mass is 10.2. The number of nitrogens with zero attached hydrogens (tertiary/aromatic N) is 4. The van der Waals surface area contributed by atoms with E-state index in [1.54, 1.807) is 4.90 Å². The molecule has 1 saturated heterocycles. The maximum Gasteiger partial charge on any atom is 0.410 e. The molecule has 0 atom stereocenters. The van der Waals surface area contributed by atoms with E-state index >= 15 is 0 Å². The van der Waals surface area contributed by atoms with E-state index in [0.717, 1.165) is 0 Å². The van der Waals surface area contributed by atoms with Crippen LogP contribution in [-0.2, 0) is 4.74 Å². The largest absolute Gasteiger partial charge is 0.444 e. The van der Waals surface area contributed by atoms with Crippen LogP contribution in [0.25, 0.3) is 0 Å². The zero-order valence-corrected chi connectivity index (χ0v) is 11.9. The van der Waals surface area contributed by atoms with Gasteiger partial charge in [-0.3, -0.25) is 4.98 Å². The van der Waals surface area contributed by atoms with Crippen molar-refractivity contribution in [3.05, 3.63) is 16.8 Å². The summed E-state index contributed by atoms with van der Waals surface area (Å²) in [7, 11) is 0. The van der Waals surface area contributed by atoms with Gasteiger partial charge in [-0.15, -0.1) is 0 Å². The summed E-state index contributed by atoms with van der Waals surface area (Å²) >= 11 is 0. The van der Waals surface area contributed by atoms with Gasteiger partial charge in [0.2, 0.25) is 5.95 Å². The van der Waals surface area contributed by atoms with Gasteiger partial charge in [-0.25, -0.2) is 14.6 Å². The minimum Gasteiger partial charge on any atom is -0.444 e. The summed E-state index contributed by atoms with van der Waals surface area (Å²) in [5, 5.41) is 0. The Morgan fingerprint density at radius 1 is 1.30 bits per heavy atom. The molecule has 1 aromatic heterocycles. The number of anilines is 1. The Morgan fingerprint density at radius 2 is 1.95 bits per heavy atom. The maximum absolute atomic E-state index is 11.9. The highest BCUT2D eigenvalue weighted by atomic mass is 16.6. The van der Waals surface area contributed by atoms with Crippen molar-refractivity contribution in [2.45, 2.75) is 26.4 Å². The van der Waals surface area contributed by atoms with Crippen LogP contribution in [-0.4, -0.2) is 57.7 Å². The van der Waals surface area contributed by atoms with Gasteiger partial charge in [0.05, 0.1) is 0 Å². The predicted molar refractivity (Wildman–Crippen MR) is 72.7 cm³/mol. The van der Waals surface area contributed by atoms with Crippen molar-refractivity contribution in [2.24, 2.45) is 0 Å². The Morgan fingerprint density at radius 3 is 2.50 bits per heavy atom. The molecule has 1 N–H and O–H groups in total. The average Bonchev–Trinajstić information content (AvgIpc) is 2.37. The van der Waals surface area contributed by atoms with E-state index < -0.39 is 11.3 Å². The topological polar surface area (TPSA) is 91.4 Å². The first kappa shape index (κ1) is 14.3. The number of hydrogen-bond acceptors (Lipinski definition) is 6. The molecule has 8 nitrogen and oxygen atoms in total. The number of aromatic amines is 1. The van der Waals surface area contributed by atoms with E-state index in [1.165, 1.54) is 6.33 Å². The zero-order valence-electron chi connectivity index (χ0n) is 11.9. The van der Waals surface area contributed by atoms with Gasteiger partial charge in [0.1, 0.15) is 11.9 Å². The number of carbonyl (C=O) groups excluding carboxylic acids is 1. The third-order valence-electron chi connectivity index (χ3n) is 2.78. The highest BCUT2D eigenvalue weighted by molar-refractivity contribution is 5.68. The molecule has 110 valence electrons. The number of aromatic nitrogens is 3. The van der Waals surface area contributed by atoms with E-state index in [2.05, 4.69) is 15.0 Å². The lowest BCUT2D eigenvalue weighted by Gasteiger charge is -2.35. The Bertz CT molecular complexity index is 528. The number of H-pyrrole nitrogens is 1. The lowest BCUT2D eigenvalue weighted by Crippen LogP contribution is -2.50. The van der Waals surface area contributed by atoms with Crippen molar-refractivity contribution in [2.75, 3.05) is 31.1 Å². The Labute approximate surface area is 116 Å². The molecule has 1 aliphatic heterocycles. The maximum atomic E-state index is 11.9. The van der Waals surface area contributed by atoms with Crippen molar-refractivity contribution in [3.8, 4) is 0 Å². The average molecular weight is 281 g/mol. The number of ether oxygens (including phenoxy) is 1. The van der Waals surface area contributed by atoms with Crippen LogP contribution < -0.4 is 10.6 Å². The van der Waals surface area contributed by atoms with Crippen LogP contribution in [0.2, 0.25) is 0 Å². The molecule has 0 bridgehead atoms. The summed E-state index contributed by atoms with van der Waals surface area (Å²) in [6.45, 7) is 7.70. The number of rotatable bonds is 1. The third-order valence-corrected chi connectivity index (χ3v) is 2.78. The fraction of sp³-hybridized carbons (Fsp3) is 0.667. The summed E-state index contributed by atoms with van der Waals surface area (Å²) in [6, 6.07) is 0. The molecule has 0 spiro atoms. The van der Waals surface area contributed by atoms with E-state index in [0.29, 0.717) is 32.1 Å². The van der Waals surface area contributed by atoms with Crippen LogP contribution in [0, 0.1) is 0 Å².